The van der Waals surface area contributed by atoms with Crippen molar-refractivity contribution in [2.24, 2.45) is 5.92 Å². The third kappa shape index (κ3) is 5.47. The van der Waals surface area contributed by atoms with E-state index in [1.807, 2.05) is 30.3 Å². The number of rotatable bonds is 8. The van der Waals surface area contributed by atoms with E-state index in [0.717, 1.165) is 49.4 Å². The van der Waals surface area contributed by atoms with Crippen molar-refractivity contribution in [3.8, 4) is 11.3 Å². The zero-order valence-electron chi connectivity index (χ0n) is 20.2. The van der Waals surface area contributed by atoms with Crippen molar-refractivity contribution in [3.63, 3.8) is 0 Å². The SMILES string of the molecule is CC(C)CCN(Cc1c(-c2ccccc2)noc1N1CCN(C)CC1)C(=O)c1ccccc1F. The highest BCUT2D eigenvalue weighted by Crippen LogP contribution is 2.33. The van der Waals surface area contributed by atoms with Crippen molar-refractivity contribution in [2.75, 3.05) is 44.7 Å². The first-order chi connectivity index (χ1) is 16.4. The van der Waals surface area contributed by atoms with Crippen molar-refractivity contribution < 1.29 is 13.7 Å². The van der Waals surface area contributed by atoms with E-state index in [-0.39, 0.29) is 11.5 Å². The molecule has 1 fully saturated rings. The van der Waals surface area contributed by atoms with Crippen LogP contribution in [-0.4, -0.2) is 60.6 Å². The van der Waals surface area contributed by atoms with Gasteiger partial charge in [-0.05, 0) is 31.5 Å². The van der Waals surface area contributed by atoms with E-state index in [4.69, 9.17) is 4.52 Å². The average Bonchev–Trinajstić information content (AvgIpc) is 3.26. The lowest BCUT2D eigenvalue weighted by molar-refractivity contribution is 0.0731. The number of nitrogens with zero attached hydrogens (tertiary/aromatic N) is 4. The van der Waals surface area contributed by atoms with Gasteiger partial charge in [-0.15, -0.1) is 0 Å². The predicted octanol–water partition coefficient (Wildman–Crippen LogP) is 4.92. The normalized spacial score (nSPS) is 14.6. The van der Waals surface area contributed by atoms with Crippen LogP contribution < -0.4 is 4.90 Å². The predicted molar refractivity (Wildman–Crippen MR) is 132 cm³/mol. The first kappa shape index (κ1) is 24.0. The number of carbonyl (C=O) groups excluding carboxylic acids is 1. The number of aromatic nitrogens is 1. The molecule has 1 aromatic heterocycles. The second-order valence-electron chi connectivity index (χ2n) is 9.36. The number of likely N-dealkylation sites (N-methyl/N-ethyl adjacent to an activating group) is 1. The number of amides is 1. The molecule has 0 saturated carbocycles. The highest BCUT2D eigenvalue weighted by atomic mass is 19.1. The molecule has 180 valence electrons. The van der Waals surface area contributed by atoms with Crippen molar-refractivity contribution in [1.82, 2.24) is 15.0 Å². The van der Waals surface area contributed by atoms with Gasteiger partial charge in [0.2, 0.25) is 5.88 Å². The minimum atomic E-state index is -0.505. The third-order valence-electron chi connectivity index (χ3n) is 6.32. The van der Waals surface area contributed by atoms with Crippen LogP contribution in [-0.2, 0) is 6.54 Å². The Hall–Kier alpha value is -3.19. The summed E-state index contributed by atoms with van der Waals surface area (Å²) < 4.78 is 20.4. The molecule has 3 aromatic rings. The summed E-state index contributed by atoms with van der Waals surface area (Å²) in [6.45, 7) is 8.55. The number of hydrogen-bond acceptors (Lipinski definition) is 5. The Morgan fingerprint density at radius 2 is 1.74 bits per heavy atom. The lowest BCUT2D eigenvalue weighted by atomic mass is 10.0. The van der Waals surface area contributed by atoms with Crippen LogP contribution in [0.3, 0.4) is 0 Å². The van der Waals surface area contributed by atoms with E-state index in [9.17, 15) is 9.18 Å². The molecule has 0 aliphatic carbocycles. The summed E-state index contributed by atoms with van der Waals surface area (Å²) in [6.07, 6.45) is 0.815. The Morgan fingerprint density at radius 3 is 2.41 bits per heavy atom. The van der Waals surface area contributed by atoms with Crippen molar-refractivity contribution in [1.29, 1.82) is 0 Å². The number of anilines is 1. The lowest BCUT2D eigenvalue weighted by Gasteiger charge is -2.33. The maximum atomic E-state index is 14.5. The van der Waals surface area contributed by atoms with Gasteiger partial charge >= 0.3 is 0 Å². The summed E-state index contributed by atoms with van der Waals surface area (Å²) in [5, 5.41) is 4.44. The van der Waals surface area contributed by atoms with Crippen LogP contribution in [0.15, 0.2) is 59.1 Å². The highest BCUT2D eigenvalue weighted by molar-refractivity contribution is 5.94. The summed E-state index contributed by atoms with van der Waals surface area (Å²) in [6, 6.07) is 16.0. The van der Waals surface area contributed by atoms with Gasteiger partial charge in [0.1, 0.15) is 11.5 Å². The molecule has 1 amide bonds. The van der Waals surface area contributed by atoms with Crippen LogP contribution >= 0.6 is 0 Å². The molecule has 4 rings (SSSR count). The van der Waals surface area contributed by atoms with E-state index in [1.165, 1.54) is 6.07 Å². The lowest BCUT2D eigenvalue weighted by Crippen LogP contribution is -2.45. The van der Waals surface area contributed by atoms with Crippen LogP contribution in [0.2, 0.25) is 0 Å². The van der Waals surface area contributed by atoms with Crippen LogP contribution in [0.4, 0.5) is 10.3 Å². The number of carbonyl (C=O) groups is 1. The van der Waals surface area contributed by atoms with Crippen molar-refractivity contribution >= 4 is 11.8 Å². The van der Waals surface area contributed by atoms with E-state index in [2.05, 4.69) is 35.9 Å². The van der Waals surface area contributed by atoms with E-state index in [1.54, 1.807) is 23.1 Å². The minimum Gasteiger partial charge on any atom is -0.338 e. The smallest absolute Gasteiger partial charge is 0.257 e. The molecule has 2 heterocycles. The molecule has 1 aliphatic rings. The van der Waals surface area contributed by atoms with Gasteiger partial charge in [-0.2, -0.15) is 0 Å². The molecular weight excluding hydrogens is 431 g/mol. The van der Waals surface area contributed by atoms with Crippen LogP contribution in [0.25, 0.3) is 11.3 Å². The standard InChI is InChI=1S/C27H33FN4O2/c1-20(2)13-14-32(26(33)22-11-7-8-12-24(22)28)19-23-25(21-9-5-4-6-10-21)29-34-27(23)31-17-15-30(3)16-18-31/h4-12,20H,13-19H2,1-3H3. The molecule has 34 heavy (non-hydrogen) atoms. The highest BCUT2D eigenvalue weighted by Gasteiger charge is 2.28. The molecule has 1 saturated heterocycles. The number of halogens is 1. The van der Waals surface area contributed by atoms with Gasteiger partial charge in [0, 0.05) is 38.3 Å². The minimum absolute atomic E-state index is 0.0881. The summed E-state index contributed by atoms with van der Waals surface area (Å²) in [5.74, 6) is 0.283. The Morgan fingerprint density at radius 1 is 1.06 bits per heavy atom. The average molecular weight is 465 g/mol. The topological polar surface area (TPSA) is 52.8 Å². The number of piperazine rings is 1. The second-order valence-corrected chi connectivity index (χ2v) is 9.36. The van der Waals surface area contributed by atoms with Gasteiger partial charge in [-0.25, -0.2) is 4.39 Å². The zero-order valence-corrected chi connectivity index (χ0v) is 20.2. The molecule has 2 aromatic carbocycles. The van der Waals surface area contributed by atoms with E-state index in [0.29, 0.717) is 24.9 Å². The summed E-state index contributed by atoms with van der Waals surface area (Å²) >= 11 is 0. The molecule has 0 N–H and O–H groups in total. The largest absolute Gasteiger partial charge is 0.338 e. The monoisotopic (exact) mass is 464 g/mol. The fourth-order valence-corrected chi connectivity index (χ4v) is 4.19. The van der Waals surface area contributed by atoms with Crippen molar-refractivity contribution in [2.45, 2.75) is 26.8 Å². The van der Waals surface area contributed by atoms with Gasteiger partial charge in [0.15, 0.2) is 0 Å². The fraction of sp³-hybridized carbons (Fsp3) is 0.407. The van der Waals surface area contributed by atoms with Gasteiger partial charge in [0.05, 0.1) is 17.7 Å². The molecule has 0 unspecified atom stereocenters. The maximum Gasteiger partial charge on any atom is 0.257 e. The Balaban J connectivity index is 1.72. The molecule has 0 atom stereocenters. The molecule has 7 heteroatoms. The Kier molecular flexibility index (Phi) is 7.63. The number of benzene rings is 2. The molecule has 6 nitrogen and oxygen atoms in total. The first-order valence-electron chi connectivity index (χ1n) is 11.9. The third-order valence-corrected chi connectivity index (χ3v) is 6.32. The van der Waals surface area contributed by atoms with E-state index >= 15 is 0 Å². The van der Waals surface area contributed by atoms with Crippen molar-refractivity contribution in [3.05, 3.63) is 71.5 Å². The summed E-state index contributed by atoms with van der Waals surface area (Å²) in [5.41, 5.74) is 2.61. The molecule has 0 spiro atoms. The summed E-state index contributed by atoms with van der Waals surface area (Å²) in [4.78, 5) is 19.7. The van der Waals surface area contributed by atoms with Crippen LogP contribution in [0.5, 0.6) is 0 Å². The molecule has 0 radical (unpaired) electrons. The van der Waals surface area contributed by atoms with E-state index < -0.39 is 5.82 Å². The summed E-state index contributed by atoms with van der Waals surface area (Å²) in [7, 11) is 2.11. The maximum absolute atomic E-state index is 14.5. The first-order valence-corrected chi connectivity index (χ1v) is 11.9. The van der Waals surface area contributed by atoms with Crippen LogP contribution in [0, 0.1) is 11.7 Å². The molecule has 1 aliphatic heterocycles. The molecule has 0 bridgehead atoms. The molecular formula is C27H33FN4O2. The zero-order chi connectivity index (χ0) is 24.1. The second kappa shape index (κ2) is 10.8. The van der Waals surface area contributed by atoms with Crippen LogP contribution in [0.1, 0.15) is 36.2 Å². The Bertz CT molecular complexity index is 1090. The Labute approximate surface area is 200 Å². The van der Waals surface area contributed by atoms with Gasteiger partial charge in [-0.3, -0.25) is 4.79 Å². The quantitative estimate of drug-likeness (QED) is 0.474. The van der Waals surface area contributed by atoms with Gasteiger partial charge in [0.25, 0.3) is 5.91 Å². The van der Waals surface area contributed by atoms with Gasteiger partial charge < -0.3 is 19.2 Å². The number of hydrogen-bond donors (Lipinski definition) is 0. The van der Waals surface area contributed by atoms with Gasteiger partial charge in [-0.1, -0.05) is 61.5 Å². The fourth-order valence-electron chi connectivity index (χ4n) is 4.19.